The zero-order valence-electron chi connectivity index (χ0n) is 10.8. The molecule has 2 heterocycles. The summed E-state index contributed by atoms with van der Waals surface area (Å²) in [7, 11) is 0. The smallest absolute Gasteiger partial charge is 0.355 e. The van der Waals surface area contributed by atoms with E-state index in [1.165, 1.54) is 11.8 Å². The molecule has 0 saturated carbocycles. The predicted molar refractivity (Wildman–Crippen MR) is 75.6 cm³/mol. The molecule has 0 spiro atoms. The SMILES string of the molecule is CCOC(=O)C1=Nn2c(nnc2-c2ccccc2)SC1. The number of carbonyl (C=O) groups is 1. The number of benzene rings is 1. The maximum absolute atomic E-state index is 11.8. The van der Waals surface area contributed by atoms with Crippen LogP contribution in [0.5, 0.6) is 0 Å². The normalized spacial score (nSPS) is 13.6. The number of esters is 1. The third kappa shape index (κ3) is 2.32. The molecule has 102 valence electrons. The number of nitrogens with zero attached hydrogens (tertiary/aromatic N) is 4. The van der Waals surface area contributed by atoms with Gasteiger partial charge in [-0.05, 0) is 6.92 Å². The van der Waals surface area contributed by atoms with Crippen molar-refractivity contribution in [2.45, 2.75) is 12.1 Å². The molecule has 0 saturated heterocycles. The van der Waals surface area contributed by atoms with Gasteiger partial charge in [-0.3, -0.25) is 0 Å². The van der Waals surface area contributed by atoms with E-state index in [2.05, 4.69) is 15.3 Å². The Balaban J connectivity index is 2.00. The molecule has 2 aromatic rings. The first-order chi connectivity index (χ1) is 9.79. The van der Waals surface area contributed by atoms with Crippen molar-refractivity contribution in [2.75, 3.05) is 12.4 Å². The highest BCUT2D eigenvalue weighted by Crippen LogP contribution is 2.26. The molecule has 0 fully saturated rings. The van der Waals surface area contributed by atoms with Crippen molar-refractivity contribution in [3.63, 3.8) is 0 Å². The number of thioether (sulfide) groups is 1. The van der Waals surface area contributed by atoms with Crippen LogP contribution >= 0.6 is 11.8 Å². The lowest BCUT2D eigenvalue weighted by atomic mass is 10.2. The van der Waals surface area contributed by atoms with E-state index in [0.717, 1.165) is 5.56 Å². The molecule has 0 amide bonds. The highest BCUT2D eigenvalue weighted by molar-refractivity contribution is 8.00. The van der Waals surface area contributed by atoms with E-state index in [0.29, 0.717) is 29.1 Å². The van der Waals surface area contributed by atoms with E-state index >= 15 is 0 Å². The van der Waals surface area contributed by atoms with Crippen LogP contribution < -0.4 is 0 Å². The number of hydrogen-bond acceptors (Lipinski definition) is 6. The fraction of sp³-hybridized carbons (Fsp3) is 0.231. The molecule has 0 bridgehead atoms. The van der Waals surface area contributed by atoms with Crippen LogP contribution in [0.1, 0.15) is 6.92 Å². The van der Waals surface area contributed by atoms with Crippen molar-refractivity contribution < 1.29 is 9.53 Å². The number of fused-ring (bicyclic) bond motifs is 1. The fourth-order valence-electron chi connectivity index (χ4n) is 1.81. The molecule has 0 atom stereocenters. The molecule has 0 aliphatic carbocycles. The topological polar surface area (TPSA) is 69.4 Å². The molecular formula is C13H12N4O2S. The van der Waals surface area contributed by atoms with Gasteiger partial charge < -0.3 is 4.74 Å². The van der Waals surface area contributed by atoms with E-state index in [9.17, 15) is 4.79 Å². The highest BCUT2D eigenvalue weighted by atomic mass is 32.2. The first-order valence-electron chi connectivity index (χ1n) is 6.18. The summed E-state index contributed by atoms with van der Waals surface area (Å²) in [5, 5.41) is 13.2. The third-order valence-corrected chi connectivity index (χ3v) is 3.64. The summed E-state index contributed by atoms with van der Waals surface area (Å²) in [5.74, 6) is 0.680. The van der Waals surface area contributed by atoms with E-state index in [1.807, 2.05) is 30.3 Å². The maximum atomic E-state index is 11.8. The van der Waals surface area contributed by atoms with Crippen LogP contribution in [-0.4, -0.2) is 38.9 Å². The Morgan fingerprint density at radius 2 is 2.15 bits per heavy atom. The van der Waals surface area contributed by atoms with Gasteiger partial charge in [0.15, 0.2) is 11.5 Å². The number of hydrogen-bond donors (Lipinski definition) is 0. The second-order valence-electron chi connectivity index (χ2n) is 4.04. The summed E-state index contributed by atoms with van der Waals surface area (Å²) in [6.07, 6.45) is 0. The molecule has 1 aliphatic heterocycles. The Morgan fingerprint density at radius 1 is 1.35 bits per heavy atom. The van der Waals surface area contributed by atoms with Crippen molar-refractivity contribution in [3.8, 4) is 11.4 Å². The molecule has 7 heteroatoms. The Morgan fingerprint density at radius 3 is 2.90 bits per heavy atom. The minimum Gasteiger partial charge on any atom is -0.461 e. The summed E-state index contributed by atoms with van der Waals surface area (Å²) < 4.78 is 6.57. The first kappa shape index (κ1) is 12.9. The largest absolute Gasteiger partial charge is 0.461 e. The van der Waals surface area contributed by atoms with Crippen LogP contribution in [0.15, 0.2) is 40.6 Å². The van der Waals surface area contributed by atoms with Gasteiger partial charge in [-0.25, -0.2) is 4.79 Å². The lowest BCUT2D eigenvalue weighted by Gasteiger charge is -2.12. The van der Waals surface area contributed by atoms with Crippen LogP contribution in [0.3, 0.4) is 0 Å². The van der Waals surface area contributed by atoms with Crippen molar-refractivity contribution in [2.24, 2.45) is 5.10 Å². The van der Waals surface area contributed by atoms with Crippen molar-refractivity contribution in [1.29, 1.82) is 0 Å². The third-order valence-electron chi connectivity index (χ3n) is 2.71. The molecule has 20 heavy (non-hydrogen) atoms. The van der Waals surface area contributed by atoms with E-state index in [4.69, 9.17) is 4.74 Å². The van der Waals surface area contributed by atoms with Gasteiger partial charge in [-0.15, -0.1) is 10.2 Å². The van der Waals surface area contributed by atoms with Gasteiger partial charge in [-0.1, -0.05) is 42.1 Å². The van der Waals surface area contributed by atoms with E-state index in [-0.39, 0.29) is 0 Å². The Hall–Kier alpha value is -2.15. The van der Waals surface area contributed by atoms with Gasteiger partial charge >= 0.3 is 5.97 Å². The lowest BCUT2D eigenvalue weighted by Crippen LogP contribution is -2.24. The zero-order valence-corrected chi connectivity index (χ0v) is 11.6. The molecule has 1 aliphatic rings. The minimum absolute atomic E-state index is 0.336. The highest BCUT2D eigenvalue weighted by Gasteiger charge is 2.24. The van der Waals surface area contributed by atoms with Gasteiger partial charge in [0.1, 0.15) is 0 Å². The molecule has 6 nitrogen and oxygen atoms in total. The van der Waals surface area contributed by atoms with E-state index < -0.39 is 5.97 Å². The second kappa shape index (κ2) is 5.46. The van der Waals surface area contributed by atoms with Gasteiger partial charge in [0.2, 0.25) is 5.16 Å². The van der Waals surface area contributed by atoms with Crippen molar-refractivity contribution in [3.05, 3.63) is 30.3 Å². The number of aromatic nitrogens is 3. The van der Waals surface area contributed by atoms with Gasteiger partial charge in [-0.2, -0.15) is 9.78 Å². The van der Waals surface area contributed by atoms with Crippen molar-refractivity contribution in [1.82, 2.24) is 14.9 Å². The quantitative estimate of drug-likeness (QED) is 0.806. The lowest BCUT2D eigenvalue weighted by molar-refractivity contribution is -0.135. The van der Waals surface area contributed by atoms with Gasteiger partial charge in [0, 0.05) is 5.56 Å². The number of ether oxygens (including phenoxy) is 1. The van der Waals surface area contributed by atoms with E-state index in [1.54, 1.807) is 11.6 Å². The van der Waals surface area contributed by atoms with Gasteiger partial charge in [0.25, 0.3) is 0 Å². The van der Waals surface area contributed by atoms with Crippen LogP contribution in [0.2, 0.25) is 0 Å². The standard InChI is InChI=1S/C13H12N4O2S/c1-2-19-12(18)10-8-20-13-15-14-11(17(13)16-10)9-6-4-3-5-7-9/h3-7H,2,8H2,1H3. The summed E-state index contributed by atoms with van der Waals surface area (Å²) in [4.78, 5) is 11.8. The minimum atomic E-state index is -0.390. The molecule has 1 aromatic heterocycles. The first-order valence-corrected chi connectivity index (χ1v) is 7.16. The molecule has 0 N–H and O–H groups in total. The molecule has 0 unspecified atom stereocenters. The molecule has 3 rings (SSSR count). The summed E-state index contributed by atoms with van der Waals surface area (Å²) in [6, 6.07) is 9.62. The number of carbonyl (C=O) groups excluding carboxylic acids is 1. The average Bonchev–Trinajstić information content (AvgIpc) is 2.91. The Bertz CT molecular complexity index is 666. The average molecular weight is 288 g/mol. The zero-order chi connectivity index (χ0) is 13.9. The van der Waals surface area contributed by atoms with Crippen LogP contribution in [0.25, 0.3) is 11.4 Å². The Labute approximate surface area is 119 Å². The van der Waals surface area contributed by atoms with Crippen molar-refractivity contribution >= 4 is 23.4 Å². The monoisotopic (exact) mass is 288 g/mol. The van der Waals surface area contributed by atoms with Gasteiger partial charge in [0.05, 0.1) is 12.4 Å². The summed E-state index contributed by atoms with van der Waals surface area (Å²) in [6.45, 7) is 2.11. The molecule has 0 radical (unpaired) electrons. The summed E-state index contributed by atoms with van der Waals surface area (Å²) >= 11 is 1.42. The predicted octanol–water partition coefficient (Wildman–Crippen LogP) is 1.82. The van der Waals surface area contributed by atoms with Crippen LogP contribution in [0.4, 0.5) is 0 Å². The van der Waals surface area contributed by atoms with Crippen LogP contribution in [0, 0.1) is 0 Å². The fourth-order valence-corrected chi connectivity index (χ4v) is 2.60. The summed E-state index contributed by atoms with van der Waals surface area (Å²) in [5.41, 5.74) is 1.28. The molecular weight excluding hydrogens is 276 g/mol. The number of rotatable bonds is 3. The van der Waals surface area contributed by atoms with Crippen LogP contribution in [-0.2, 0) is 9.53 Å². The Kier molecular flexibility index (Phi) is 3.51. The molecule has 1 aromatic carbocycles. The second-order valence-corrected chi connectivity index (χ2v) is 4.98. The maximum Gasteiger partial charge on any atom is 0.355 e.